The quantitative estimate of drug-likeness (QED) is 0.834. The summed E-state index contributed by atoms with van der Waals surface area (Å²) in [6.45, 7) is 7.18. The highest BCUT2D eigenvalue weighted by Gasteiger charge is 2.27. The van der Waals surface area contributed by atoms with Crippen LogP contribution in [0.15, 0.2) is 29.3 Å². The first-order valence-corrected chi connectivity index (χ1v) is 7.17. The van der Waals surface area contributed by atoms with Crippen molar-refractivity contribution >= 4 is 15.9 Å². The van der Waals surface area contributed by atoms with Gasteiger partial charge in [0.1, 0.15) is 11.6 Å². The average Bonchev–Trinajstić information content (AvgIpc) is 2.43. The van der Waals surface area contributed by atoms with Gasteiger partial charge < -0.3 is 10.4 Å². The molecule has 1 aromatic rings. The molecule has 0 amide bonds. The minimum absolute atomic E-state index is 0.00890. The Morgan fingerprint density at radius 1 is 1.47 bits per heavy atom. The third kappa shape index (κ3) is 3.16. The smallest absolute Gasteiger partial charge is 0.137 e. The highest BCUT2D eigenvalue weighted by atomic mass is 79.9. The van der Waals surface area contributed by atoms with Gasteiger partial charge in [0.15, 0.2) is 0 Å². The van der Waals surface area contributed by atoms with Crippen LogP contribution in [0.5, 0.6) is 5.75 Å². The molecule has 0 aromatic heterocycles. The molecular weight excluding hydrogens is 311 g/mol. The molecule has 1 heterocycles. The first-order chi connectivity index (χ1) is 9.15. The van der Waals surface area contributed by atoms with Crippen LogP contribution in [0.4, 0.5) is 4.39 Å². The molecule has 1 fully saturated rings. The maximum absolute atomic E-state index is 14.1. The van der Waals surface area contributed by atoms with Crippen molar-refractivity contribution in [1.29, 1.82) is 0 Å². The molecule has 1 aliphatic heterocycles. The summed E-state index contributed by atoms with van der Waals surface area (Å²) in [5.74, 6) is -0.378. The van der Waals surface area contributed by atoms with E-state index in [-0.39, 0.29) is 17.6 Å². The van der Waals surface area contributed by atoms with Crippen LogP contribution in [0.3, 0.4) is 0 Å². The molecule has 0 radical (unpaired) electrons. The van der Waals surface area contributed by atoms with Crippen LogP contribution in [-0.4, -0.2) is 36.2 Å². The lowest BCUT2D eigenvalue weighted by molar-refractivity contribution is 0.168. The summed E-state index contributed by atoms with van der Waals surface area (Å²) in [7, 11) is 0. The number of nitrogens with zero attached hydrogens (tertiary/aromatic N) is 1. The van der Waals surface area contributed by atoms with Gasteiger partial charge in [0.2, 0.25) is 0 Å². The molecule has 0 spiro atoms. The summed E-state index contributed by atoms with van der Waals surface area (Å²) < 4.78 is 14.6. The number of piperazine rings is 1. The van der Waals surface area contributed by atoms with Crippen LogP contribution in [-0.2, 0) is 0 Å². The van der Waals surface area contributed by atoms with Crippen molar-refractivity contribution in [1.82, 2.24) is 10.2 Å². The fraction of sp³-hybridized carbons (Fsp3) is 0.429. The Morgan fingerprint density at radius 3 is 2.79 bits per heavy atom. The Balaban J connectivity index is 2.37. The molecule has 1 aromatic carbocycles. The lowest BCUT2D eigenvalue weighted by Gasteiger charge is -2.35. The molecule has 104 valence electrons. The monoisotopic (exact) mass is 328 g/mol. The Hall–Kier alpha value is -0.910. The van der Waals surface area contributed by atoms with Crippen molar-refractivity contribution in [2.24, 2.45) is 0 Å². The van der Waals surface area contributed by atoms with Gasteiger partial charge in [-0.15, -0.1) is 6.58 Å². The molecule has 0 bridgehead atoms. The van der Waals surface area contributed by atoms with Crippen molar-refractivity contribution in [3.63, 3.8) is 0 Å². The molecule has 5 heteroatoms. The van der Waals surface area contributed by atoms with Crippen LogP contribution in [0.1, 0.15) is 18.0 Å². The second-order valence-electron chi connectivity index (χ2n) is 4.62. The number of aromatic hydroxyl groups is 1. The van der Waals surface area contributed by atoms with E-state index in [1.807, 2.05) is 0 Å². The third-order valence-electron chi connectivity index (χ3n) is 3.43. The third-order valence-corrected chi connectivity index (χ3v) is 4.07. The molecule has 0 aliphatic carbocycles. The van der Waals surface area contributed by atoms with E-state index in [1.54, 1.807) is 6.08 Å². The van der Waals surface area contributed by atoms with Crippen molar-refractivity contribution in [3.8, 4) is 5.75 Å². The molecule has 1 atom stereocenters. The predicted octanol–water partition coefficient (Wildman–Crippen LogP) is 2.82. The van der Waals surface area contributed by atoms with Gasteiger partial charge in [0, 0.05) is 37.8 Å². The van der Waals surface area contributed by atoms with Gasteiger partial charge in [-0.05, 0) is 34.5 Å². The number of hydrogen-bond acceptors (Lipinski definition) is 3. The minimum atomic E-state index is -0.369. The number of benzene rings is 1. The van der Waals surface area contributed by atoms with E-state index in [9.17, 15) is 9.50 Å². The van der Waals surface area contributed by atoms with Gasteiger partial charge in [-0.25, -0.2) is 4.39 Å². The number of phenolic OH excluding ortho intramolecular Hbond substituents is 1. The SMILES string of the molecule is C=CC[C@H](c1c(F)ccc(Br)c1O)N1CCNCC1. The fourth-order valence-electron chi connectivity index (χ4n) is 2.47. The van der Waals surface area contributed by atoms with Crippen LogP contribution < -0.4 is 5.32 Å². The molecule has 0 unspecified atom stereocenters. The maximum Gasteiger partial charge on any atom is 0.137 e. The number of phenols is 1. The molecule has 19 heavy (non-hydrogen) atoms. The van der Waals surface area contributed by atoms with Gasteiger partial charge in [-0.2, -0.15) is 0 Å². The minimum Gasteiger partial charge on any atom is -0.506 e. The first-order valence-electron chi connectivity index (χ1n) is 6.37. The zero-order valence-electron chi connectivity index (χ0n) is 10.7. The molecule has 3 nitrogen and oxygen atoms in total. The van der Waals surface area contributed by atoms with Crippen LogP contribution >= 0.6 is 15.9 Å². The second kappa shape index (κ2) is 6.50. The van der Waals surface area contributed by atoms with Crippen LogP contribution in [0.25, 0.3) is 0 Å². The Kier molecular flexibility index (Phi) is 4.96. The zero-order chi connectivity index (χ0) is 13.8. The molecule has 2 N–H and O–H groups in total. The first kappa shape index (κ1) is 14.5. The standard InChI is InChI=1S/C14H18BrFN2O/c1-2-3-12(18-8-6-17-7-9-18)13-11(16)5-4-10(15)14(13)19/h2,4-5,12,17,19H,1,3,6-9H2/t12-/m1/s1. The van der Waals surface area contributed by atoms with Gasteiger partial charge in [0.25, 0.3) is 0 Å². The number of rotatable bonds is 4. The van der Waals surface area contributed by atoms with Crippen molar-refractivity contribution in [2.75, 3.05) is 26.2 Å². The average molecular weight is 329 g/mol. The summed E-state index contributed by atoms with van der Waals surface area (Å²) in [5, 5.41) is 13.4. The van der Waals surface area contributed by atoms with Crippen LogP contribution in [0.2, 0.25) is 0 Å². The molecule has 0 saturated carbocycles. The maximum atomic E-state index is 14.1. The van der Waals surface area contributed by atoms with E-state index in [4.69, 9.17) is 0 Å². The fourth-order valence-corrected chi connectivity index (χ4v) is 2.82. The number of halogens is 2. The van der Waals surface area contributed by atoms with Crippen LogP contribution in [0, 0.1) is 5.82 Å². The Bertz CT molecular complexity index is 461. The largest absolute Gasteiger partial charge is 0.506 e. The normalized spacial score (nSPS) is 18.2. The van der Waals surface area contributed by atoms with E-state index in [0.29, 0.717) is 16.5 Å². The summed E-state index contributed by atoms with van der Waals surface area (Å²) in [5.41, 5.74) is 0.358. The van der Waals surface area contributed by atoms with Crippen molar-refractivity contribution in [3.05, 3.63) is 40.6 Å². The number of hydrogen-bond donors (Lipinski definition) is 2. The summed E-state index contributed by atoms with van der Waals surface area (Å²) in [4.78, 5) is 2.18. The molecular formula is C14H18BrFN2O. The van der Waals surface area contributed by atoms with Gasteiger partial charge in [-0.3, -0.25) is 4.90 Å². The molecule has 1 saturated heterocycles. The Morgan fingerprint density at radius 2 is 2.16 bits per heavy atom. The number of nitrogens with one attached hydrogen (secondary N) is 1. The summed E-state index contributed by atoms with van der Waals surface area (Å²) in [6.07, 6.45) is 2.38. The van der Waals surface area contributed by atoms with Crippen molar-refractivity contribution in [2.45, 2.75) is 12.5 Å². The second-order valence-corrected chi connectivity index (χ2v) is 5.47. The topological polar surface area (TPSA) is 35.5 Å². The van der Waals surface area contributed by atoms with E-state index in [0.717, 1.165) is 26.2 Å². The van der Waals surface area contributed by atoms with E-state index >= 15 is 0 Å². The van der Waals surface area contributed by atoms with E-state index in [1.165, 1.54) is 12.1 Å². The molecule has 2 rings (SSSR count). The molecule has 1 aliphatic rings. The zero-order valence-corrected chi connectivity index (χ0v) is 12.3. The van der Waals surface area contributed by atoms with E-state index in [2.05, 4.69) is 32.7 Å². The predicted molar refractivity (Wildman–Crippen MR) is 77.8 cm³/mol. The van der Waals surface area contributed by atoms with Gasteiger partial charge in [0.05, 0.1) is 4.47 Å². The van der Waals surface area contributed by atoms with E-state index < -0.39 is 0 Å². The summed E-state index contributed by atoms with van der Waals surface area (Å²) in [6, 6.07) is 2.74. The highest BCUT2D eigenvalue weighted by Crippen LogP contribution is 2.38. The van der Waals surface area contributed by atoms with Gasteiger partial charge in [-0.1, -0.05) is 6.08 Å². The van der Waals surface area contributed by atoms with Gasteiger partial charge >= 0.3 is 0 Å². The lowest BCUT2D eigenvalue weighted by atomic mass is 9.99. The highest BCUT2D eigenvalue weighted by molar-refractivity contribution is 9.10. The lowest BCUT2D eigenvalue weighted by Crippen LogP contribution is -2.45. The van der Waals surface area contributed by atoms with Crippen molar-refractivity contribution < 1.29 is 9.50 Å². The summed E-state index contributed by atoms with van der Waals surface area (Å²) >= 11 is 3.25. The Labute approximate surface area is 121 Å².